The lowest BCUT2D eigenvalue weighted by atomic mass is 9.68. The number of rotatable bonds is 5. The van der Waals surface area contributed by atoms with Crippen molar-refractivity contribution in [2.75, 3.05) is 26.7 Å². The molecule has 28 heavy (non-hydrogen) atoms. The Hall–Kier alpha value is -1.95. The summed E-state index contributed by atoms with van der Waals surface area (Å²) in [5.74, 6) is -0.932. The van der Waals surface area contributed by atoms with E-state index in [4.69, 9.17) is 5.11 Å². The SMILES string of the molecule is CN(CC(=O)O)C1CCCN(C(=O)C2(c3ccc(F)cc3)CCCCC2)CC1. The van der Waals surface area contributed by atoms with Gasteiger partial charge in [0.15, 0.2) is 0 Å². The average molecular weight is 390 g/mol. The monoisotopic (exact) mass is 390 g/mol. The minimum Gasteiger partial charge on any atom is -0.480 e. The number of aliphatic carboxylic acids is 1. The molecule has 1 amide bonds. The van der Waals surface area contributed by atoms with Crippen molar-refractivity contribution in [3.05, 3.63) is 35.6 Å². The number of nitrogens with zero attached hydrogens (tertiary/aromatic N) is 2. The molecule has 0 radical (unpaired) electrons. The molecule has 1 atom stereocenters. The Kier molecular flexibility index (Phi) is 6.70. The zero-order valence-electron chi connectivity index (χ0n) is 16.7. The summed E-state index contributed by atoms with van der Waals surface area (Å²) < 4.78 is 13.5. The van der Waals surface area contributed by atoms with Crippen LogP contribution in [0.5, 0.6) is 0 Å². The van der Waals surface area contributed by atoms with E-state index < -0.39 is 11.4 Å². The standard InChI is InChI=1S/C22H31FN2O3/c1-24(16-20(26)27)19-6-5-14-25(15-11-19)21(28)22(12-3-2-4-13-22)17-7-9-18(23)10-8-17/h7-10,19H,2-6,11-16H2,1H3,(H,26,27). The first kappa shape index (κ1) is 20.8. The Morgan fingerprint density at radius 1 is 1.11 bits per heavy atom. The second kappa shape index (κ2) is 9.03. The molecule has 0 bridgehead atoms. The van der Waals surface area contributed by atoms with Gasteiger partial charge in [-0.05, 0) is 56.8 Å². The predicted molar refractivity (Wildman–Crippen MR) is 106 cm³/mol. The topological polar surface area (TPSA) is 60.9 Å². The third-order valence-corrected chi connectivity index (χ3v) is 6.51. The summed E-state index contributed by atoms with van der Waals surface area (Å²) in [4.78, 5) is 28.6. The number of likely N-dealkylation sites (tertiary alicyclic amines) is 1. The van der Waals surface area contributed by atoms with Crippen molar-refractivity contribution in [1.29, 1.82) is 0 Å². The van der Waals surface area contributed by atoms with E-state index in [1.165, 1.54) is 12.1 Å². The molecule has 1 aromatic carbocycles. The number of hydrogen-bond acceptors (Lipinski definition) is 3. The summed E-state index contributed by atoms with van der Waals surface area (Å²) in [5, 5.41) is 9.04. The summed E-state index contributed by atoms with van der Waals surface area (Å²) >= 11 is 0. The van der Waals surface area contributed by atoms with Gasteiger partial charge in [-0.1, -0.05) is 31.4 Å². The highest BCUT2D eigenvalue weighted by atomic mass is 19.1. The molecule has 6 heteroatoms. The molecule has 1 aliphatic carbocycles. The summed E-state index contributed by atoms with van der Waals surface area (Å²) in [6.07, 6.45) is 7.36. The van der Waals surface area contributed by atoms with E-state index in [-0.39, 0.29) is 24.3 Å². The number of halogens is 1. The third-order valence-electron chi connectivity index (χ3n) is 6.51. The molecule has 0 aromatic heterocycles. The summed E-state index contributed by atoms with van der Waals surface area (Å²) in [5.41, 5.74) is 0.390. The van der Waals surface area contributed by atoms with Crippen LogP contribution in [0.4, 0.5) is 4.39 Å². The van der Waals surface area contributed by atoms with Gasteiger partial charge in [0.05, 0.1) is 12.0 Å². The number of carboxylic acid groups (broad SMARTS) is 1. The lowest BCUT2D eigenvalue weighted by molar-refractivity contribution is -0.140. The van der Waals surface area contributed by atoms with Gasteiger partial charge in [0.2, 0.25) is 5.91 Å². The van der Waals surface area contributed by atoms with Crippen LogP contribution in [-0.2, 0) is 15.0 Å². The molecule has 154 valence electrons. The van der Waals surface area contributed by atoms with Crippen molar-refractivity contribution in [3.8, 4) is 0 Å². The molecule has 1 aliphatic heterocycles. The zero-order valence-corrected chi connectivity index (χ0v) is 16.7. The first-order valence-electron chi connectivity index (χ1n) is 10.4. The fraction of sp³-hybridized carbons (Fsp3) is 0.636. The first-order chi connectivity index (χ1) is 13.4. The smallest absolute Gasteiger partial charge is 0.317 e. The summed E-state index contributed by atoms with van der Waals surface area (Å²) in [7, 11) is 1.84. The van der Waals surface area contributed by atoms with Gasteiger partial charge in [-0.2, -0.15) is 0 Å². The largest absolute Gasteiger partial charge is 0.480 e. The van der Waals surface area contributed by atoms with Crippen LogP contribution in [0.25, 0.3) is 0 Å². The minimum atomic E-state index is -0.822. The molecule has 1 saturated heterocycles. The van der Waals surface area contributed by atoms with Crippen LogP contribution in [0.1, 0.15) is 56.9 Å². The van der Waals surface area contributed by atoms with Gasteiger partial charge in [0, 0.05) is 19.1 Å². The molecule has 3 rings (SSSR count). The molecule has 1 heterocycles. The fourth-order valence-corrected chi connectivity index (χ4v) is 4.92. The van der Waals surface area contributed by atoms with Crippen LogP contribution < -0.4 is 0 Å². The second-order valence-corrected chi connectivity index (χ2v) is 8.34. The first-order valence-corrected chi connectivity index (χ1v) is 10.4. The maximum absolute atomic E-state index is 13.7. The van der Waals surface area contributed by atoms with Crippen LogP contribution in [0.2, 0.25) is 0 Å². The Bertz CT molecular complexity index is 686. The number of carbonyl (C=O) groups excluding carboxylic acids is 1. The van der Waals surface area contributed by atoms with E-state index in [0.29, 0.717) is 13.1 Å². The van der Waals surface area contributed by atoms with Crippen LogP contribution >= 0.6 is 0 Å². The Labute approximate surface area is 166 Å². The Balaban J connectivity index is 1.76. The molecule has 1 aromatic rings. The highest BCUT2D eigenvalue weighted by Crippen LogP contribution is 2.41. The Morgan fingerprint density at radius 2 is 1.79 bits per heavy atom. The van der Waals surface area contributed by atoms with Crippen molar-refractivity contribution < 1.29 is 19.1 Å². The summed E-state index contributed by atoms with van der Waals surface area (Å²) in [6, 6.07) is 6.65. The lowest BCUT2D eigenvalue weighted by Crippen LogP contribution is -2.48. The second-order valence-electron chi connectivity index (χ2n) is 8.34. The normalized spacial score (nSPS) is 22.7. The molecule has 2 fully saturated rings. The molecule has 2 aliphatic rings. The quantitative estimate of drug-likeness (QED) is 0.837. The molecular weight excluding hydrogens is 359 g/mol. The maximum Gasteiger partial charge on any atom is 0.317 e. The number of amides is 1. The van der Waals surface area contributed by atoms with Crippen LogP contribution in [0.15, 0.2) is 24.3 Å². The number of likely N-dealkylation sites (N-methyl/N-ethyl adjacent to an activating group) is 1. The van der Waals surface area contributed by atoms with Gasteiger partial charge in [0.1, 0.15) is 5.82 Å². The number of hydrogen-bond donors (Lipinski definition) is 1. The molecule has 0 spiro atoms. The predicted octanol–water partition coefficient (Wildman–Crippen LogP) is 3.43. The van der Waals surface area contributed by atoms with Gasteiger partial charge < -0.3 is 10.0 Å². The molecule has 1 saturated carbocycles. The number of carboxylic acids is 1. The van der Waals surface area contributed by atoms with E-state index in [0.717, 1.165) is 56.9 Å². The van der Waals surface area contributed by atoms with Crippen LogP contribution in [0, 0.1) is 5.82 Å². The summed E-state index contributed by atoms with van der Waals surface area (Å²) in [6.45, 7) is 1.38. The van der Waals surface area contributed by atoms with E-state index in [2.05, 4.69) is 0 Å². The van der Waals surface area contributed by atoms with E-state index in [9.17, 15) is 14.0 Å². The van der Waals surface area contributed by atoms with Crippen LogP contribution in [0.3, 0.4) is 0 Å². The highest BCUT2D eigenvalue weighted by Gasteiger charge is 2.43. The molecule has 5 nitrogen and oxygen atoms in total. The van der Waals surface area contributed by atoms with Gasteiger partial charge in [-0.3, -0.25) is 14.5 Å². The van der Waals surface area contributed by atoms with Gasteiger partial charge in [-0.15, -0.1) is 0 Å². The number of benzene rings is 1. The van der Waals surface area contributed by atoms with E-state index >= 15 is 0 Å². The van der Waals surface area contributed by atoms with Crippen molar-refractivity contribution in [3.63, 3.8) is 0 Å². The third kappa shape index (κ3) is 4.54. The van der Waals surface area contributed by atoms with Gasteiger partial charge in [-0.25, -0.2) is 4.39 Å². The lowest BCUT2D eigenvalue weighted by Gasteiger charge is -2.40. The van der Waals surface area contributed by atoms with Crippen molar-refractivity contribution in [2.45, 2.75) is 62.8 Å². The van der Waals surface area contributed by atoms with Crippen LogP contribution in [-0.4, -0.2) is 59.5 Å². The van der Waals surface area contributed by atoms with Gasteiger partial charge >= 0.3 is 5.97 Å². The van der Waals surface area contributed by atoms with Crippen molar-refractivity contribution in [1.82, 2.24) is 9.80 Å². The average Bonchev–Trinajstić information content (AvgIpc) is 2.94. The fourth-order valence-electron chi connectivity index (χ4n) is 4.92. The molecular formula is C22H31FN2O3. The van der Waals surface area contributed by atoms with E-state index in [1.807, 2.05) is 16.8 Å². The molecule has 1 unspecified atom stereocenters. The van der Waals surface area contributed by atoms with Crippen molar-refractivity contribution in [2.24, 2.45) is 0 Å². The van der Waals surface area contributed by atoms with E-state index in [1.54, 1.807) is 12.1 Å². The Morgan fingerprint density at radius 3 is 2.43 bits per heavy atom. The van der Waals surface area contributed by atoms with Crippen molar-refractivity contribution >= 4 is 11.9 Å². The maximum atomic E-state index is 13.7. The number of carbonyl (C=O) groups is 2. The molecule has 1 N–H and O–H groups in total. The highest BCUT2D eigenvalue weighted by molar-refractivity contribution is 5.88. The minimum absolute atomic E-state index is 0.0259. The van der Waals surface area contributed by atoms with Gasteiger partial charge in [0.25, 0.3) is 0 Å². The zero-order chi connectivity index (χ0) is 20.1.